The fourth-order valence-corrected chi connectivity index (χ4v) is 2.71. The predicted molar refractivity (Wildman–Crippen MR) is 83.4 cm³/mol. The fourth-order valence-electron chi connectivity index (χ4n) is 2.71. The molecule has 106 valence electrons. The van der Waals surface area contributed by atoms with Crippen LogP contribution in [0.25, 0.3) is 10.9 Å². The van der Waals surface area contributed by atoms with Crippen LogP contribution in [0.3, 0.4) is 0 Å². The third kappa shape index (κ3) is 1.90. The van der Waals surface area contributed by atoms with Crippen molar-refractivity contribution in [1.82, 2.24) is 4.98 Å². The highest BCUT2D eigenvalue weighted by atomic mass is 16.7. The zero-order valence-corrected chi connectivity index (χ0v) is 12.9. The maximum Gasteiger partial charge on any atom is 0.495 e. The molecular formula is C16H22BNO2. The van der Waals surface area contributed by atoms with Gasteiger partial charge in [-0.2, -0.15) is 0 Å². The Bertz CT molecular complexity index is 629. The zero-order chi connectivity index (χ0) is 14.5. The van der Waals surface area contributed by atoms with Crippen molar-refractivity contribution >= 4 is 23.5 Å². The van der Waals surface area contributed by atoms with Crippen molar-refractivity contribution in [2.75, 3.05) is 0 Å². The molecule has 3 rings (SSSR count). The molecule has 0 saturated carbocycles. The molecule has 1 aliphatic heterocycles. The standard InChI is InChI=1S/C16H22BNO2/c1-6-11-7-8-13(12-9-10-18-14(11)12)17-19-15(2,3)16(4,5)20-17/h7-10,18H,6H2,1-5H3. The van der Waals surface area contributed by atoms with Crippen molar-refractivity contribution in [2.24, 2.45) is 0 Å². The van der Waals surface area contributed by atoms with Crippen LogP contribution in [0, 0.1) is 0 Å². The van der Waals surface area contributed by atoms with E-state index >= 15 is 0 Å². The number of aryl methyl sites for hydroxylation is 1. The van der Waals surface area contributed by atoms with Crippen molar-refractivity contribution in [3.63, 3.8) is 0 Å². The van der Waals surface area contributed by atoms with E-state index < -0.39 is 0 Å². The Kier molecular flexibility index (Phi) is 3.00. The number of H-pyrrole nitrogens is 1. The molecular weight excluding hydrogens is 249 g/mol. The second-order valence-electron chi connectivity index (χ2n) is 6.52. The van der Waals surface area contributed by atoms with Crippen LogP contribution in [0.4, 0.5) is 0 Å². The topological polar surface area (TPSA) is 34.2 Å². The molecule has 2 aromatic rings. The Labute approximate surface area is 120 Å². The molecule has 0 spiro atoms. The molecule has 1 aromatic heterocycles. The maximum atomic E-state index is 6.16. The SMILES string of the molecule is CCc1ccc(B2OC(C)(C)C(C)(C)O2)c2cc[nH]c12. The molecule has 1 N–H and O–H groups in total. The van der Waals surface area contributed by atoms with Crippen molar-refractivity contribution in [1.29, 1.82) is 0 Å². The molecule has 0 atom stereocenters. The van der Waals surface area contributed by atoms with Crippen LogP contribution in [0.2, 0.25) is 0 Å². The van der Waals surface area contributed by atoms with Crippen molar-refractivity contribution in [3.05, 3.63) is 30.0 Å². The summed E-state index contributed by atoms with van der Waals surface area (Å²) in [7, 11) is -0.302. The van der Waals surface area contributed by atoms with Gasteiger partial charge in [0.1, 0.15) is 0 Å². The fraction of sp³-hybridized carbons (Fsp3) is 0.500. The molecule has 20 heavy (non-hydrogen) atoms. The number of fused-ring (bicyclic) bond motifs is 1. The van der Waals surface area contributed by atoms with Gasteiger partial charge in [-0.3, -0.25) is 0 Å². The van der Waals surface area contributed by atoms with Gasteiger partial charge in [0.15, 0.2) is 0 Å². The van der Waals surface area contributed by atoms with Gasteiger partial charge in [0.25, 0.3) is 0 Å². The Hall–Kier alpha value is -1.26. The molecule has 4 heteroatoms. The van der Waals surface area contributed by atoms with E-state index in [0.717, 1.165) is 11.9 Å². The molecule has 1 saturated heterocycles. The van der Waals surface area contributed by atoms with Gasteiger partial charge >= 0.3 is 7.12 Å². The molecule has 2 heterocycles. The van der Waals surface area contributed by atoms with E-state index in [0.29, 0.717) is 0 Å². The quantitative estimate of drug-likeness (QED) is 0.852. The van der Waals surface area contributed by atoms with Crippen LogP contribution in [-0.2, 0) is 15.7 Å². The second-order valence-corrected chi connectivity index (χ2v) is 6.52. The minimum atomic E-state index is -0.302. The highest BCUT2D eigenvalue weighted by Gasteiger charge is 2.52. The van der Waals surface area contributed by atoms with Crippen LogP contribution in [0.1, 0.15) is 40.2 Å². The third-order valence-electron chi connectivity index (χ3n) is 4.73. The normalized spacial score (nSPS) is 20.8. The monoisotopic (exact) mass is 271 g/mol. The van der Waals surface area contributed by atoms with Crippen LogP contribution in [0.15, 0.2) is 24.4 Å². The van der Waals surface area contributed by atoms with E-state index in [1.165, 1.54) is 16.5 Å². The van der Waals surface area contributed by atoms with E-state index in [2.05, 4.69) is 57.8 Å². The van der Waals surface area contributed by atoms with Crippen molar-refractivity contribution in [2.45, 2.75) is 52.2 Å². The van der Waals surface area contributed by atoms with Crippen molar-refractivity contribution < 1.29 is 9.31 Å². The molecule has 1 fully saturated rings. The molecule has 0 unspecified atom stereocenters. The highest BCUT2D eigenvalue weighted by molar-refractivity contribution is 6.65. The van der Waals surface area contributed by atoms with Gasteiger partial charge in [-0.1, -0.05) is 19.1 Å². The Morgan fingerprint density at radius 2 is 1.70 bits per heavy atom. The Morgan fingerprint density at radius 3 is 2.30 bits per heavy atom. The summed E-state index contributed by atoms with van der Waals surface area (Å²) in [6.07, 6.45) is 3.00. The first-order valence-corrected chi connectivity index (χ1v) is 7.30. The minimum absolute atomic E-state index is 0.302. The second kappa shape index (κ2) is 4.37. The number of nitrogens with one attached hydrogen (secondary N) is 1. The largest absolute Gasteiger partial charge is 0.495 e. The van der Waals surface area contributed by atoms with Gasteiger partial charge in [0.05, 0.1) is 11.2 Å². The lowest BCUT2D eigenvalue weighted by atomic mass is 9.76. The lowest BCUT2D eigenvalue weighted by Crippen LogP contribution is -2.41. The first-order chi connectivity index (χ1) is 9.36. The molecule has 0 amide bonds. The lowest BCUT2D eigenvalue weighted by Gasteiger charge is -2.32. The molecule has 0 bridgehead atoms. The number of aromatic amines is 1. The number of aromatic nitrogens is 1. The summed E-state index contributed by atoms with van der Waals surface area (Å²) in [5.74, 6) is 0. The third-order valence-corrected chi connectivity index (χ3v) is 4.73. The number of hydrogen-bond donors (Lipinski definition) is 1. The smallest absolute Gasteiger partial charge is 0.399 e. The van der Waals surface area contributed by atoms with Crippen LogP contribution < -0.4 is 5.46 Å². The van der Waals surface area contributed by atoms with Gasteiger partial charge in [0, 0.05) is 11.7 Å². The van der Waals surface area contributed by atoms with Gasteiger partial charge in [-0.25, -0.2) is 0 Å². The minimum Gasteiger partial charge on any atom is -0.399 e. The highest BCUT2D eigenvalue weighted by Crippen LogP contribution is 2.37. The van der Waals surface area contributed by atoms with Gasteiger partial charge in [-0.15, -0.1) is 0 Å². The summed E-state index contributed by atoms with van der Waals surface area (Å²) in [4.78, 5) is 3.33. The number of rotatable bonds is 2. The van der Waals surface area contributed by atoms with Crippen LogP contribution >= 0.6 is 0 Å². The molecule has 1 aromatic carbocycles. The first-order valence-electron chi connectivity index (χ1n) is 7.30. The van der Waals surface area contributed by atoms with E-state index in [1.54, 1.807) is 0 Å². The average Bonchev–Trinajstić information content (AvgIpc) is 2.91. The molecule has 3 nitrogen and oxygen atoms in total. The molecule has 0 radical (unpaired) electrons. The summed E-state index contributed by atoms with van der Waals surface area (Å²) < 4.78 is 12.3. The van der Waals surface area contributed by atoms with E-state index in [-0.39, 0.29) is 18.3 Å². The van der Waals surface area contributed by atoms with E-state index in [4.69, 9.17) is 9.31 Å². The molecule has 0 aliphatic carbocycles. The lowest BCUT2D eigenvalue weighted by molar-refractivity contribution is 0.00578. The Morgan fingerprint density at radius 1 is 1.05 bits per heavy atom. The summed E-state index contributed by atoms with van der Waals surface area (Å²) in [5.41, 5.74) is 3.02. The summed E-state index contributed by atoms with van der Waals surface area (Å²) in [6, 6.07) is 6.41. The van der Waals surface area contributed by atoms with Crippen molar-refractivity contribution in [3.8, 4) is 0 Å². The summed E-state index contributed by atoms with van der Waals surface area (Å²) >= 11 is 0. The van der Waals surface area contributed by atoms with Crippen LogP contribution in [0.5, 0.6) is 0 Å². The summed E-state index contributed by atoms with van der Waals surface area (Å²) in [6.45, 7) is 10.5. The van der Waals surface area contributed by atoms with Gasteiger partial charge in [0.2, 0.25) is 0 Å². The predicted octanol–water partition coefficient (Wildman–Crippen LogP) is 3.03. The number of benzene rings is 1. The van der Waals surface area contributed by atoms with E-state index in [1.807, 2.05) is 6.20 Å². The summed E-state index contributed by atoms with van der Waals surface area (Å²) in [5, 5.41) is 1.20. The molecule has 1 aliphatic rings. The average molecular weight is 271 g/mol. The van der Waals surface area contributed by atoms with Gasteiger partial charge in [-0.05, 0) is 56.6 Å². The first kappa shape index (κ1) is 13.7. The van der Waals surface area contributed by atoms with Gasteiger partial charge < -0.3 is 14.3 Å². The maximum absolute atomic E-state index is 6.16. The van der Waals surface area contributed by atoms with Crippen LogP contribution in [-0.4, -0.2) is 23.3 Å². The Balaban J connectivity index is 2.07. The number of hydrogen-bond acceptors (Lipinski definition) is 2. The van der Waals surface area contributed by atoms with E-state index in [9.17, 15) is 0 Å². The zero-order valence-electron chi connectivity index (χ0n) is 12.9.